The summed E-state index contributed by atoms with van der Waals surface area (Å²) in [5, 5.41) is 0. The monoisotopic (exact) mass is 372 g/mol. The summed E-state index contributed by atoms with van der Waals surface area (Å²) in [4.78, 5) is 11.3. The fraction of sp³-hybridized carbons (Fsp3) is 0.154. The lowest BCUT2D eigenvalue weighted by molar-refractivity contribution is 0.0924. The van der Waals surface area contributed by atoms with Gasteiger partial charge in [0.25, 0.3) is 0 Å². The summed E-state index contributed by atoms with van der Waals surface area (Å²) < 4.78 is 12.1. The molecule has 0 unspecified atom stereocenters. The van der Waals surface area contributed by atoms with E-state index in [0.717, 1.165) is 14.9 Å². The van der Waals surface area contributed by atoms with Crippen molar-refractivity contribution in [2.75, 3.05) is 0 Å². The molecule has 6 heteroatoms. The van der Waals surface area contributed by atoms with E-state index in [1.165, 1.54) is 0 Å². The van der Waals surface area contributed by atoms with Gasteiger partial charge >= 0.3 is 5.91 Å². The molecule has 0 atom stereocenters. The smallest absolute Gasteiger partial charge is 0.300 e. The predicted molar refractivity (Wildman–Crippen MR) is 78.6 cm³/mol. The SMILES string of the molecule is Cc1oc(C(=O)NN)cc1COc1cccc(I)c1. The number of amides is 1. The van der Waals surface area contributed by atoms with Gasteiger partial charge in [-0.05, 0) is 53.8 Å². The molecule has 0 aliphatic carbocycles. The van der Waals surface area contributed by atoms with E-state index in [4.69, 9.17) is 15.0 Å². The second kappa shape index (κ2) is 6.07. The fourth-order valence-electron chi connectivity index (χ4n) is 1.56. The Morgan fingerprint density at radius 3 is 2.95 bits per heavy atom. The number of ether oxygens (including phenoxy) is 1. The number of carbonyl (C=O) groups is 1. The third-order valence-corrected chi connectivity index (χ3v) is 3.24. The molecule has 0 saturated carbocycles. The standard InChI is InChI=1S/C13H13IN2O3/c1-8-9(5-12(19-8)13(17)16-15)7-18-11-4-2-3-10(14)6-11/h2-6H,7,15H2,1H3,(H,16,17). The van der Waals surface area contributed by atoms with Crippen LogP contribution in [0.3, 0.4) is 0 Å². The van der Waals surface area contributed by atoms with Gasteiger partial charge in [-0.15, -0.1) is 0 Å². The molecular formula is C13H13IN2O3. The summed E-state index contributed by atoms with van der Waals surface area (Å²) in [6, 6.07) is 9.35. The Morgan fingerprint density at radius 1 is 1.47 bits per heavy atom. The number of carbonyl (C=O) groups excluding carboxylic acids is 1. The molecule has 0 spiro atoms. The fourth-order valence-corrected chi connectivity index (χ4v) is 2.08. The highest BCUT2D eigenvalue weighted by molar-refractivity contribution is 14.1. The minimum Gasteiger partial charge on any atom is -0.489 e. The number of hydrazine groups is 1. The Morgan fingerprint density at radius 2 is 2.26 bits per heavy atom. The average Bonchev–Trinajstić information content (AvgIpc) is 2.77. The van der Waals surface area contributed by atoms with Gasteiger partial charge in [0.05, 0.1) is 0 Å². The molecule has 0 radical (unpaired) electrons. The number of nitrogens with one attached hydrogen (secondary N) is 1. The molecule has 0 saturated heterocycles. The number of hydrogen-bond donors (Lipinski definition) is 2. The predicted octanol–water partition coefficient (Wildman–Crippen LogP) is 2.38. The maximum Gasteiger partial charge on any atom is 0.300 e. The third-order valence-electron chi connectivity index (χ3n) is 2.57. The molecule has 1 amide bonds. The maximum absolute atomic E-state index is 11.3. The zero-order chi connectivity index (χ0) is 13.8. The topological polar surface area (TPSA) is 77.5 Å². The van der Waals surface area contributed by atoms with Crippen LogP contribution in [0.1, 0.15) is 21.9 Å². The van der Waals surface area contributed by atoms with Gasteiger partial charge in [0.1, 0.15) is 18.1 Å². The van der Waals surface area contributed by atoms with Crippen molar-refractivity contribution < 1.29 is 13.9 Å². The summed E-state index contributed by atoms with van der Waals surface area (Å²) in [6.45, 7) is 2.12. The molecule has 2 rings (SSSR count). The van der Waals surface area contributed by atoms with Crippen molar-refractivity contribution in [3.8, 4) is 5.75 Å². The Balaban J connectivity index is 2.07. The van der Waals surface area contributed by atoms with Crippen molar-refractivity contribution in [1.29, 1.82) is 0 Å². The maximum atomic E-state index is 11.3. The first-order valence-corrected chi connectivity index (χ1v) is 6.66. The molecule has 100 valence electrons. The lowest BCUT2D eigenvalue weighted by Crippen LogP contribution is -2.29. The van der Waals surface area contributed by atoms with Gasteiger partial charge in [0.2, 0.25) is 0 Å². The van der Waals surface area contributed by atoms with Crippen LogP contribution in [-0.2, 0) is 6.61 Å². The highest BCUT2D eigenvalue weighted by atomic mass is 127. The average molecular weight is 372 g/mol. The van der Waals surface area contributed by atoms with E-state index in [1.807, 2.05) is 29.7 Å². The molecule has 0 aliphatic heterocycles. The molecule has 3 N–H and O–H groups in total. The summed E-state index contributed by atoms with van der Waals surface area (Å²) in [5.74, 6) is 6.20. The zero-order valence-corrected chi connectivity index (χ0v) is 12.4. The van der Waals surface area contributed by atoms with Crippen molar-refractivity contribution >= 4 is 28.5 Å². The van der Waals surface area contributed by atoms with Crippen molar-refractivity contribution in [3.63, 3.8) is 0 Å². The molecule has 0 aliphatic rings. The van der Waals surface area contributed by atoms with Crippen LogP contribution in [0.15, 0.2) is 34.7 Å². The van der Waals surface area contributed by atoms with E-state index in [9.17, 15) is 4.79 Å². The highest BCUT2D eigenvalue weighted by Gasteiger charge is 2.13. The Kier molecular flexibility index (Phi) is 4.43. The van der Waals surface area contributed by atoms with E-state index in [-0.39, 0.29) is 5.76 Å². The van der Waals surface area contributed by atoms with Gasteiger partial charge in [0, 0.05) is 9.13 Å². The molecule has 0 fully saturated rings. The van der Waals surface area contributed by atoms with Crippen LogP contribution >= 0.6 is 22.6 Å². The largest absolute Gasteiger partial charge is 0.489 e. The minimum atomic E-state index is -0.455. The molecule has 1 aromatic heterocycles. The molecule has 1 aromatic carbocycles. The van der Waals surface area contributed by atoms with Gasteiger partial charge in [-0.2, -0.15) is 0 Å². The van der Waals surface area contributed by atoms with Gasteiger partial charge in [-0.1, -0.05) is 6.07 Å². The molecule has 2 aromatic rings. The van der Waals surface area contributed by atoms with Crippen LogP contribution < -0.4 is 16.0 Å². The summed E-state index contributed by atoms with van der Waals surface area (Å²) in [6.07, 6.45) is 0. The number of halogens is 1. The number of nitrogen functional groups attached to an aromatic ring is 1. The number of rotatable bonds is 4. The lowest BCUT2D eigenvalue weighted by atomic mass is 10.2. The van der Waals surface area contributed by atoms with Crippen LogP contribution in [0.5, 0.6) is 5.75 Å². The Labute approximate surface area is 124 Å². The van der Waals surface area contributed by atoms with Gasteiger partial charge in [0.15, 0.2) is 5.76 Å². The quantitative estimate of drug-likeness (QED) is 0.374. The summed E-state index contributed by atoms with van der Waals surface area (Å²) in [5.41, 5.74) is 2.85. The van der Waals surface area contributed by atoms with Crippen molar-refractivity contribution in [2.45, 2.75) is 13.5 Å². The third kappa shape index (κ3) is 3.48. The van der Waals surface area contributed by atoms with Crippen molar-refractivity contribution in [1.82, 2.24) is 5.43 Å². The van der Waals surface area contributed by atoms with Crippen molar-refractivity contribution in [2.24, 2.45) is 5.84 Å². The molecule has 1 heterocycles. The normalized spacial score (nSPS) is 10.3. The molecular weight excluding hydrogens is 359 g/mol. The first kappa shape index (κ1) is 13.9. The van der Waals surface area contributed by atoms with Crippen LogP contribution in [-0.4, -0.2) is 5.91 Å². The summed E-state index contributed by atoms with van der Waals surface area (Å²) >= 11 is 2.22. The van der Waals surface area contributed by atoms with E-state index < -0.39 is 5.91 Å². The minimum absolute atomic E-state index is 0.182. The van der Waals surface area contributed by atoms with Crippen LogP contribution in [0.2, 0.25) is 0 Å². The Bertz CT molecular complexity index is 595. The zero-order valence-electron chi connectivity index (χ0n) is 10.3. The second-order valence-corrected chi connectivity index (χ2v) is 5.16. The van der Waals surface area contributed by atoms with Crippen LogP contribution in [0.4, 0.5) is 0 Å². The van der Waals surface area contributed by atoms with E-state index in [1.54, 1.807) is 13.0 Å². The number of hydrogen-bond acceptors (Lipinski definition) is 4. The highest BCUT2D eigenvalue weighted by Crippen LogP contribution is 2.19. The summed E-state index contributed by atoms with van der Waals surface area (Å²) in [7, 11) is 0. The van der Waals surface area contributed by atoms with Crippen molar-refractivity contribution in [3.05, 3.63) is 51.0 Å². The first-order valence-electron chi connectivity index (χ1n) is 5.59. The van der Waals surface area contributed by atoms with E-state index in [0.29, 0.717) is 12.4 Å². The van der Waals surface area contributed by atoms with E-state index in [2.05, 4.69) is 22.6 Å². The van der Waals surface area contributed by atoms with Gasteiger partial charge in [-0.25, -0.2) is 5.84 Å². The number of aryl methyl sites for hydroxylation is 1. The molecule has 0 bridgehead atoms. The van der Waals surface area contributed by atoms with Crippen LogP contribution in [0.25, 0.3) is 0 Å². The van der Waals surface area contributed by atoms with E-state index >= 15 is 0 Å². The number of benzene rings is 1. The second-order valence-electron chi connectivity index (χ2n) is 3.91. The molecule has 5 nitrogen and oxygen atoms in total. The number of nitrogens with two attached hydrogens (primary N) is 1. The number of furan rings is 1. The van der Waals surface area contributed by atoms with Gasteiger partial charge < -0.3 is 9.15 Å². The molecule has 19 heavy (non-hydrogen) atoms. The first-order chi connectivity index (χ1) is 9.10. The van der Waals surface area contributed by atoms with Crippen LogP contribution in [0, 0.1) is 10.5 Å². The Hall–Kier alpha value is -1.54. The van der Waals surface area contributed by atoms with Gasteiger partial charge in [-0.3, -0.25) is 10.2 Å². The lowest BCUT2D eigenvalue weighted by Gasteiger charge is -2.05.